The number of benzene rings is 1. The summed E-state index contributed by atoms with van der Waals surface area (Å²) < 4.78 is 5.71. The molecule has 0 radical (unpaired) electrons. The van der Waals surface area contributed by atoms with E-state index in [-0.39, 0.29) is 0 Å². The highest BCUT2D eigenvalue weighted by Gasteiger charge is 2.25. The second-order valence-electron chi connectivity index (χ2n) is 4.50. The average molecular weight is 251 g/mol. The number of thioether (sulfide) groups is 1. The summed E-state index contributed by atoms with van der Waals surface area (Å²) in [7, 11) is 2.07. The van der Waals surface area contributed by atoms with Crippen LogP contribution in [0.25, 0.3) is 0 Å². The predicted octanol–water partition coefficient (Wildman–Crippen LogP) is 2.80. The lowest BCUT2D eigenvalue weighted by Crippen LogP contribution is -2.32. The lowest BCUT2D eigenvalue weighted by molar-refractivity contribution is 0.288. The van der Waals surface area contributed by atoms with Crippen LogP contribution in [0.2, 0.25) is 0 Å². The molecule has 1 aromatic rings. The molecule has 1 aliphatic heterocycles. The topological polar surface area (TPSA) is 21.3 Å². The molecule has 0 spiro atoms. The van der Waals surface area contributed by atoms with Crippen molar-refractivity contribution in [2.75, 3.05) is 25.2 Å². The monoisotopic (exact) mass is 251 g/mol. The SMILES string of the molecule is CNC1CSCC1CCCOc1ccccc1. The van der Waals surface area contributed by atoms with Gasteiger partial charge in [-0.15, -0.1) is 0 Å². The van der Waals surface area contributed by atoms with Gasteiger partial charge in [0.05, 0.1) is 6.61 Å². The lowest BCUT2D eigenvalue weighted by atomic mass is 9.98. The van der Waals surface area contributed by atoms with Gasteiger partial charge in [-0.3, -0.25) is 0 Å². The van der Waals surface area contributed by atoms with Crippen LogP contribution in [-0.2, 0) is 0 Å². The molecule has 17 heavy (non-hydrogen) atoms. The van der Waals surface area contributed by atoms with E-state index in [2.05, 4.69) is 24.1 Å². The Morgan fingerprint density at radius 3 is 2.88 bits per heavy atom. The van der Waals surface area contributed by atoms with Crippen molar-refractivity contribution in [3.63, 3.8) is 0 Å². The Kier molecular flexibility index (Phi) is 5.20. The Morgan fingerprint density at radius 2 is 2.12 bits per heavy atom. The molecule has 1 fully saturated rings. The van der Waals surface area contributed by atoms with Crippen LogP contribution in [0.15, 0.2) is 30.3 Å². The van der Waals surface area contributed by atoms with Gasteiger partial charge >= 0.3 is 0 Å². The smallest absolute Gasteiger partial charge is 0.119 e. The zero-order valence-corrected chi connectivity index (χ0v) is 11.2. The average Bonchev–Trinajstić information content (AvgIpc) is 2.83. The molecule has 1 N–H and O–H groups in total. The van der Waals surface area contributed by atoms with Gasteiger partial charge in [0, 0.05) is 11.8 Å². The van der Waals surface area contributed by atoms with E-state index < -0.39 is 0 Å². The van der Waals surface area contributed by atoms with Crippen molar-refractivity contribution in [2.24, 2.45) is 5.92 Å². The van der Waals surface area contributed by atoms with E-state index in [0.717, 1.165) is 24.7 Å². The number of hydrogen-bond donors (Lipinski definition) is 1. The van der Waals surface area contributed by atoms with Gasteiger partial charge in [-0.1, -0.05) is 18.2 Å². The number of ether oxygens (including phenoxy) is 1. The molecular formula is C14H21NOS. The van der Waals surface area contributed by atoms with Crippen LogP contribution in [0.4, 0.5) is 0 Å². The predicted molar refractivity (Wildman–Crippen MR) is 74.8 cm³/mol. The van der Waals surface area contributed by atoms with E-state index in [1.807, 2.05) is 30.3 Å². The first-order valence-corrected chi connectivity index (χ1v) is 7.48. The summed E-state index contributed by atoms with van der Waals surface area (Å²) in [5.41, 5.74) is 0. The van der Waals surface area contributed by atoms with Crippen LogP contribution in [0.1, 0.15) is 12.8 Å². The van der Waals surface area contributed by atoms with Crippen LogP contribution in [0, 0.1) is 5.92 Å². The molecule has 2 rings (SSSR count). The minimum atomic E-state index is 0.705. The fraction of sp³-hybridized carbons (Fsp3) is 0.571. The second kappa shape index (κ2) is 6.92. The van der Waals surface area contributed by atoms with E-state index in [0.29, 0.717) is 6.04 Å². The molecule has 0 aromatic heterocycles. The molecular weight excluding hydrogens is 230 g/mol. The number of rotatable bonds is 6. The normalized spacial score (nSPS) is 23.8. The molecule has 2 atom stereocenters. The zero-order valence-electron chi connectivity index (χ0n) is 10.4. The van der Waals surface area contributed by atoms with Gasteiger partial charge in [-0.05, 0) is 43.7 Å². The van der Waals surface area contributed by atoms with E-state index in [9.17, 15) is 0 Å². The maximum Gasteiger partial charge on any atom is 0.119 e. The zero-order chi connectivity index (χ0) is 11.9. The number of hydrogen-bond acceptors (Lipinski definition) is 3. The minimum Gasteiger partial charge on any atom is -0.494 e. The number of nitrogens with one attached hydrogen (secondary N) is 1. The summed E-state index contributed by atoms with van der Waals surface area (Å²) in [6.07, 6.45) is 2.42. The first kappa shape index (κ1) is 12.8. The van der Waals surface area contributed by atoms with Crippen molar-refractivity contribution in [3.05, 3.63) is 30.3 Å². The van der Waals surface area contributed by atoms with E-state index in [4.69, 9.17) is 4.74 Å². The third-order valence-corrected chi connectivity index (χ3v) is 4.56. The van der Waals surface area contributed by atoms with Gasteiger partial charge in [0.2, 0.25) is 0 Å². The first-order valence-electron chi connectivity index (χ1n) is 6.33. The molecule has 1 saturated heterocycles. The van der Waals surface area contributed by atoms with Crippen molar-refractivity contribution in [1.82, 2.24) is 5.32 Å². The highest BCUT2D eigenvalue weighted by atomic mass is 32.2. The van der Waals surface area contributed by atoms with Gasteiger partial charge in [-0.25, -0.2) is 0 Å². The summed E-state index contributed by atoms with van der Waals surface area (Å²) >= 11 is 2.07. The highest BCUT2D eigenvalue weighted by Crippen LogP contribution is 2.27. The summed E-state index contributed by atoms with van der Waals surface area (Å²) in [5, 5.41) is 3.41. The van der Waals surface area contributed by atoms with Crippen LogP contribution in [0.5, 0.6) is 5.75 Å². The van der Waals surface area contributed by atoms with E-state index in [1.54, 1.807) is 0 Å². The van der Waals surface area contributed by atoms with Gasteiger partial charge in [-0.2, -0.15) is 11.8 Å². The van der Waals surface area contributed by atoms with E-state index in [1.165, 1.54) is 17.9 Å². The third-order valence-electron chi connectivity index (χ3n) is 3.30. The molecule has 0 amide bonds. The standard InChI is InChI=1S/C14H21NOS/c1-15-14-11-17-10-12(14)6-5-9-16-13-7-3-2-4-8-13/h2-4,7-8,12,14-15H,5-6,9-11H2,1H3. The molecule has 1 aromatic carbocycles. The fourth-order valence-electron chi connectivity index (χ4n) is 2.25. The van der Waals surface area contributed by atoms with Gasteiger partial charge in [0.15, 0.2) is 0 Å². The molecule has 0 bridgehead atoms. The van der Waals surface area contributed by atoms with Crippen molar-refractivity contribution >= 4 is 11.8 Å². The molecule has 3 heteroatoms. The summed E-state index contributed by atoms with van der Waals surface area (Å²) in [6, 6.07) is 10.8. The summed E-state index contributed by atoms with van der Waals surface area (Å²) in [5.74, 6) is 4.38. The van der Waals surface area contributed by atoms with Crippen molar-refractivity contribution in [2.45, 2.75) is 18.9 Å². The molecule has 1 heterocycles. The first-order chi connectivity index (χ1) is 8.40. The lowest BCUT2D eigenvalue weighted by Gasteiger charge is -2.17. The van der Waals surface area contributed by atoms with E-state index >= 15 is 0 Å². The Hall–Kier alpha value is -0.670. The minimum absolute atomic E-state index is 0.705. The highest BCUT2D eigenvalue weighted by molar-refractivity contribution is 7.99. The molecule has 2 unspecified atom stereocenters. The van der Waals surface area contributed by atoms with Gasteiger partial charge in [0.25, 0.3) is 0 Å². The number of para-hydroxylation sites is 1. The third kappa shape index (κ3) is 3.93. The quantitative estimate of drug-likeness (QED) is 0.786. The molecule has 1 aliphatic rings. The van der Waals surface area contributed by atoms with Crippen molar-refractivity contribution in [3.8, 4) is 5.75 Å². The fourth-order valence-corrected chi connectivity index (χ4v) is 3.79. The van der Waals surface area contributed by atoms with Gasteiger partial charge < -0.3 is 10.1 Å². The van der Waals surface area contributed by atoms with Crippen LogP contribution in [-0.4, -0.2) is 31.2 Å². The molecule has 2 nitrogen and oxygen atoms in total. The Labute approximate surface area is 108 Å². The van der Waals surface area contributed by atoms with Gasteiger partial charge in [0.1, 0.15) is 5.75 Å². The largest absolute Gasteiger partial charge is 0.494 e. The Bertz CT molecular complexity index is 317. The second-order valence-corrected chi connectivity index (χ2v) is 5.57. The molecule has 0 saturated carbocycles. The molecule has 0 aliphatic carbocycles. The van der Waals surface area contributed by atoms with Crippen molar-refractivity contribution < 1.29 is 4.74 Å². The van der Waals surface area contributed by atoms with Crippen LogP contribution in [0.3, 0.4) is 0 Å². The Morgan fingerprint density at radius 1 is 1.29 bits per heavy atom. The Balaban J connectivity index is 1.63. The van der Waals surface area contributed by atoms with Crippen LogP contribution < -0.4 is 10.1 Å². The maximum atomic E-state index is 5.71. The molecule has 94 valence electrons. The summed E-state index contributed by atoms with van der Waals surface area (Å²) in [4.78, 5) is 0. The van der Waals surface area contributed by atoms with Crippen LogP contribution >= 0.6 is 11.8 Å². The summed E-state index contributed by atoms with van der Waals surface area (Å²) in [6.45, 7) is 0.835. The maximum absolute atomic E-state index is 5.71. The van der Waals surface area contributed by atoms with Crippen molar-refractivity contribution in [1.29, 1.82) is 0 Å².